The zero-order chi connectivity index (χ0) is 58.5. The quantitative estimate of drug-likeness (QED) is 0.0261. The van der Waals surface area contributed by atoms with Gasteiger partial charge in [-0.3, -0.25) is 14.4 Å². The van der Waals surface area contributed by atoms with Crippen molar-refractivity contribution in [2.75, 3.05) is 13.2 Å². The van der Waals surface area contributed by atoms with Crippen molar-refractivity contribution < 1.29 is 28.6 Å². The number of hydrogen-bond donors (Lipinski definition) is 0. The van der Waals surface area contributed by atoms with Gasteiger partial charge in [-0.15, -0.1) is 0 Å². The van der Waals surface area contributed by atoms with Crippen molar-refractivity contribution in [2.24, 2.45) is 0 Å². The Bertz CT molecular complexity index is 1810. The average Bonchev–Trinajstić information content (AvgIpc) is 3.47. The Morgan fingerprint density at radius 3 is 0.815 bits per heavy atom. The monoisotopic (exact) mass is 1120 g/mol. The highest BCUT2D eigenvalue weighted by Crippen LogP contribution is 2.15. The molecule has 6 nitrogen and oxygen atoms in total. The Morgan fingerprint density at radius 1 is 0.259 bits per heavy atom. The van der Waals surface area contributed by atoms with Crippen LogP contribution < -0.4 is 0 Å². The van der Waals surface area contributed by atoms with Gasteiger partial charge < -0.3 is 14.2 Å². The van der Waals surface area contributed by atoms with Gasteiger partial charge in [0.2, 0.25) is 0 Å². The van der Waals surface area contributed by atoms with E-state index in [0.717, 1.165) is 135 Å². The van der Waals surface area contributed by atoms with Crippen LogP contribution in [0.3, 0.4) is 0 Å². The minimum Gasteiger partial charge on any atom is -0.462 e. The molecule has 1 atom stereocenters. The first-order chi connectivity index (χ1) is 40.0. The molecule has 1 unspecified atom stereocenters. The Balaban J connectivity index is 4.49. The highest BCUT2D eigenvalue weighted by molar-refractivity contribution is 5.71. The molecule has 6 heteroatoms. The Labute approximate surface area is 499 Å². The molecule has 0 aromatic rings. The average molecular weight is 1120 g/mol. The lowest BCUT2D eigenvalue weighted by Gasteiger charge is -2.18. The standard InChI is InChI=1S/C75H120O6/c1-4-7-10-13-16-19-22-25-28-31-32-33-34-35-36-37-38-39-40-41-42-45-47-50-53-56-59-62-65-68-74(77)80-71-72(81-75(78)69-66-63-60-57-54-51-48-44-30-27-24-21-18-15-12-9-6-3)70-79-73(76)67-64-61-58-55-52-49-46-43-29-26-23-20-17-14-11-8-5-2/h7,9-10,12,16,18-19,21,25-30,32-33,35-36,38-39,41-42,47,50,56,59,72H,4-6,8,11,13-15,17,20,22-24,31,34,37,40,43-46,48-49,51-55,57-58,60-71H2,1-3H3/b10-7-,12-9-,19-16-,21-18-,28-25-,29-26-,30-27-,33-32-,36-35-,39-38-,42-41-,50-47-,59-56-. The fourth-order valence-corrected chi connectivity index (χ4v) is 8.63. The van der Waals surface area contributed by atoms with E-state index < -0.39 is 6.10 Å². The lowest BCUT2D eigenvalue weighted by Crippen LogP contribution is -2.30. The topological polar surface area (TPSA) is 78.9 Å². The third-order valence-electron chi connectivity index (χ3n) is 13.5. The summed E-state index contributed by atoms with van der Waals surface area (Å²) >= 11 is 0. The molecule has 0 aromatic carbocycles. The predicted molar refractivity (Wildman–Crippen MR) is 352 cm³/mol. The first-order valence-corrected chi connectivity index (χ1v) is 33.0. The Kier molecular flexibility index (Phi) is 63.4. The van der Waals surface area contributed by atoms with Crippen LogP contribution in [0.2, 0.25) is 0 Å². The van der Waals surface area contributed by atoms with E-state index in [1.165, 1.54) is 96.3 Å². The van der Waals surface area contributed by atoms with E-state index in [1.54, 1.807) is 0 Å². The molecule has 0 saturated carbocycles. The molecule has 0 aromatic heterocycles. The summed E-state index contributed by atoms with van der Waals surface area (Å²) in [5.74, 6) is -0.985. The Morgan fingerprint density at radius 2 is 0.494 bits per heavy atom. The number of ether oxygens (including phenoxy) is 3. The summed E-state index contributed by atoms with van der Waals surface area (Å²) in [5.41, 5.74) is 0. The molecule has 456 valence electrons. The van der Waals surface area contributed by atoms with Crippen LogP contribution in [0.15, 0.2) is 158 Å². The van der Waals surface area contributed by atoms with Gasteiger partial charge >= 0.3 is 17.9 Å². The number of hydrogen-bond acceptors (Lipinski definition) is 6. The van der Waals surface area contributed by atoms with Gasteiger partial charge in [0.05, 0.1) is 0 Å². The minimum atomic E-state index is -0.818. The summed E-state index contributed by atoms with van der Waals surface area (Å²) < 4.78 is 16.9. The molecular formula is C75H120O6. The third kappa shape index (κ3) is 65.7. The molecule has 0 aliphatic carbocycles. The van der Waals surface area contributed by atoms with Crippen LogP contribution in [0.4, 0.5) is 0 Å². The van der Waals surface area contributed by atoms with Crippen molar-refractivity contribution in [3.05, 3.63) is 158 Å². The number of carbonyl (C=O) groups is 3. The molecule has 0 radical (unpaired) electrons. The van der Waals surface area contributed by atoms with Crippen LogP contribution in [-0.4, -0.2) is 37.2 Å². The van der Waals surface area contributed by atoms with E-state index in [2.05, 4.69) is 179 Å². The third-order valence-corrected chi connectivity index (χ3v) is 13.5. The number of rotatable bonds is 58. The molecule has 0 heterocycles. The van der Waals surface area contributed by atoms with Gasteiger partial charge in [-0.25, -0.2) is 0 Å². The molecule has 0 spiro atoms. The molecule has 0 aliphatic heterocycles. The van der Waals surface area contributed by atoms with Crippen LogP contribution in [0.25, 0.3) is 0 Å². The molecule has 0 N–H and O–H groups in total. The molecular weight excluding hydrogens is 997 g/mol. The molecule has 0 rings (SSSR count). The van der Waals surface area contributed by atoms with Gasteiger partial charge in [-0.1, -0.05) is 275 Å². The summed E-state index contributed by atoms with van der Waals surface area (Å²) in [6.45, 7) is 6.36. The number of unbranched alkanes of at least 4 members (excludes halogenated alkanes) is 21. The first-order valence-electron chi connectivity index (χ1n) is 33.0. The van der Waals surface area contributed by atoms with Crippen LogP contribution in [0, 0.1) is 0 Å². The molecule has 81 heavy (non-hydrogen) atoms. The highest BCUT2D eigenvalue weighted by atomic mass is 16.6. The summed E-state index contributed by atoms with van der Waals surface area (Å²) in [6.07, 6.45) is 98.2. The minimum absolute atomic E-state index is 0.108. The predicted octanol–water partition coefficient (Wildman–Crippen LogP) is 22.9. The van der Waals surface area contributed by atoms with Crippen molar-refractivity contribution in [3.63, 3.8) is 0 Å². The smallest absolute Gasteiger partial charge is 0.306 e. The molecule has 0 amide bonds. The fraction of sp³-hybridized carbons (Fsp3) is 0.613. The molecule has 0 aliphatic rings. The van der Waals surface area contributed by atoms with Crippen LogP contribution in [-0.2, 0) is 28.6 Å². The van der Waals surface area contributed by atoms with E-state index in [4.69, 9.17) is 14.2 Å². The lowest BCUT2D eigenvalue weighted by molar-refractivity contribution is -0.167. The zero-order valence-electron chi connectivity index (χ0n) is 52.2. The van der Waals surface area contributed by atoms with Crippen molar-refractivity contribution in [1.82, 2.24) is 0 Å². The van der Waals surface area contributed by atoms with E-state index in [-0.39, 0.29) is 37.5 Å². The van der Waals surface area contributed by atoms with Gasteiger partial charge in [-0.2, -0.15) is 0 Å². The number of allylic oxidation sites excluding steroid dienone is 26. The van der Waals surface area contributed by atoms with Gasteiger partial charge in [0, 0.05) is 19.3 Å². The number of carbonyl (C=O) groups excluding carboxylic acids is 3. The second-order valence-corrected chi connectivity index (χ2v) is 21.3. The van der Waals surface area contributed by atoms with Crippen molar-refractivity contribution in [2.45, 2.75) is 284 Å². The Hall–Kier alpha value is -4.97. The highest BCUT2D eigenvalue weighted by Gasteiger charge is 2.19. The SMILES string of the molecule is CC/C=C\C/C=C\C/C=C\C/C=C\C/C=C\C/C=C\C/C=C\C/C=C\C/C=C\CCCC(=O)OCC(COC(=O)CCCCCCCCC/C=C\CCCCCCCC)OC(=O)CCCCCCCCC/C=C\C/C=C\C/C=C\CC. The normalized spacial score (nSPS) is 13.2. The maximum atomic E-state index is 12.9. The van der Waals surface area contributed by atoms with Crippen molar-refractivity contribution >= 4 is 17.9 Å². The van der Waals surface area contributed by atoms with Crippen molar-refractivity contribution in [1.29, 1.82) is 0 Å². The molecule has 0 saturated heterocycles. The fourth-order valence-electron chi connectivity index (χ4n) is 8.63. The second-order valence-electron chi connectivity index (χ2n) is 21.3. The first kappa shape index (κ1) is 76.0. The van der Waals surface area contributed by atoms with Gasteiger partial charge in [-0.05, 0) is 141 Å². The van der Waals surface area contributed by atoms with Gasteiger partial charge in [0.25, 0.3) is 0 Å². The maximum Gasteiger partial charge on any atom is 0.306 e. The summed E-state index contributed by atoms with van der Waals surface area (Å²) in [7, 11) is 0. The summed E-state index contributed by atoms with van der Waals surface area (Å²) in [6, 6.07) is 0. The second kappa shape index (κ2) is 67.5. The molecule has 0 fully saturated rings. The maximum absolute atomic E-state index is 12.9. The van der Waals surface area contributed by atoms with Crippen molar-refractivity contribution in [3.8, 4) is 0 Å². The van der Waals surface area contributed by atoms with Gasteiger partial charge in [0.15, 0.2) is 6.10 Å². The van der Waals surface area contributed by atoms with Gasteiger partial charge in [0.1, 0.15) is 13.2 Å². The largest absolute Gasteiger partial charge is 0.462 e. The lowest BCUT2D eigenvalue weighted by atomic mass is 10.1. The van der Waals surface area contributed by atoms with E-state index in [1.807, 2.05) is 0 Å². The number of esters is 3. The van der Waals surface area contributed by atoms with E-state index in [9.17, 15) is 14.4 Å². The molecule has 0 bridgehead atoms. The summed E-state index contributed by atoms with van der Waals surface area (Å²) in [4.78, 5) is 38.4. The van der Waals surface area contributed by atoms with Crippen LogP contribution in [0.1, 0.15) is 278 Å². The van der Waals surface area contributed by atoms with Crippen LogP contribution in [0.5, 0.6) is 0 Å². The van der Waals surface area contributed by atoms with E-state index in [0.29, 0.717) is 19.3 Å². The zero-order valence-corrected chi connectivity index (χ0v) is 52.2. The summed E-state index contributed by atoms with van der Waals surface area (Å²) in [5, 5.41) is 0. The van der Waals surface area contributed by atoms with Crippen LogP contribution >= 0.6 is 0 Å². The van der Waals surface area contributed by atoms with E-state index >= 15 is 0 Å².